The third-order valence-corrected chi connectivity index (χ3v) is 6.99. The van der Waals surface area contributed by atoms with Crippen LogP contribution in [0.2, 0.25) is 0 Å². The van der Waals surface area contributed by atoms with Gasteiger partial charge >= 0.3 is 0 Å². The summed E-state index contributed by atoms with van der Waals surface area (Å²) in [6, 6.07) is 11.8. The van der Waals surface area contributed by atoms with Gasteiger partial charge in [0.05, 0.1) is 11.9 Å². The number of rotatable bonds is 6. The molecule has 0 saturated carbocycles. The molecule has 0 atom stereocenters. The summed E-state index contributed by atoms with van der Waals surface area (Å²) in [4.78, 5) is 18.2. The maximum atomic E-state index is 5.09. The summed E-state index contributed by atoms with van der Waals surface area (Å²) in [5, 5.41) is 3.44. The van der Waals surface area contributed by atoms with Crippen LogP contribution in [0.5, 0.6) is 0 Å². The summed E-state index contributed by atoms with van der Waals surface area (Å²) in [5.74, 6) is 1.98. The van der Waals surface area contributed by atoms with Crippen molar-refractivity contribution in [1.82, 2.24) is 19.8 Å². The molecule has 30 heavy (non-hydrogen) atoms. The first-order valence-electron chi connectivity index (χ1n) is 10.9. The molecule has 0 amide bonds. The van der Waals surface area contributed by atoms with Crippen molar-refractivity contribution in [3.63, 3.8) is 0 Å². The lowest BCUT2D eigenvalue weighted by Crippen LogP contribution is -2.46. The third-order valence-electron chi connectivity index (χ3n) is 6.11. The molecule has 0 spiro atoms. The van der Waals surface area contributed by atoms with Gasteiger partial charge in [0.2, 0.25) is 0 Å². The van der Waals surface area contributed by atoms with Crippen molar-refractivity contribution < 1.29 is 0 Å². The largest absolute Gasteiger partial charge is 0.356 e. The highest BCUT2D eigenvalue weighted by Crippen LogP contribution is 2.39. The number of hydrogen-bond acceptors (Lipinski definition) is 6. The minimum absolute atomic E-state index is 0.508. The van der Waals surface area contributed by atoms with E-state index in [-0.39, 0.29) is 0 Å². The molecule has 5 nitrogen and oxygen atoms in total. The van der Waals surface area contributed by atoms with E-state index in [1.165, 1.54) is 29.4 Å². The number of anilines is 1. The average molecular weight is 424 g/mol. The standard InChI is InChI=1S/C24H33N5S/c1-17(2)29-13-11-19(12-14-29)28(5)23-22-20(18-9-7-6-8-10-18)16-30-24(22)26-21(25-23)15-27(3)4/h6-10,16-17,19H,11-15H2,1-5H3. The fraction of sp³-hybridized carbons (Fsp3) is 0.500. The van der Waals surface area contributed by atoms with E-state index >= 15 is 0 Å². The highest BCUT2D eigenvalue weighted by atomic mass is 32.1. The first-order chi connectivity index (χ1) is 14.4. The van der Waals surface area contributed by atoms with Gasteiger partial charge < -0.3 is 14.7 Å². The molecule has 2 aromatic heterocycles. The monoisotopic (exact) mass is 423 g/mol. The molecular weight excluding hydrogens is 390 g/mol. The predicted molar refractivity (Wildman–Crippen MR) is 128 cm³/mol. The predicted octanol–water partition coefficient (Wildman–Crippen LogP) is 4.73. The molecular formula is C24H33N5S. The molecule has 1 saturated heterocycles. The Morgan fingerprint density at radius 2 is 1.77 bits per heavy atom. The zero-order valence-corrected chi connectivity index (χ0v) is 19.6. The number of aromatic nitrogens is 2. The molecule has 0 bridgehead atoms. The Hall–Kier alpha value is -2.02. The van der Waals surface area contributed by atoms with Crippen LogP contribution in [-0.2, 0) is 6.54 Å². The Labute approximate surface area is 184 Å². The average Bonchev–Trinajstić information content (AvgIpc) is 3.17. The van der Waals surface area contributed by atoms with Crippen LogP contribution in [0.3, 0.4) is 0 Å². The van der Waals surface area contributed by atoms with Crippen LogP contribution in [0.4, 0.5) is 5.82 Å². The van der Waals surface area contributed by atoms with E-state index in [0.29, 0.717) is 12.1 Å². The molecule has 3 aromatic rings. The second-order valence-electron chi connectivity index (χ2n) is 8.87. The quantitative estimate of drug-likeness (QED) is 0.573. The third kappa shape index (κ3) is 4.36. The van der Waals surface area contributed by atoms with Crippen LogP contribution in [0.15, 0.2) is 35.7 Å². The van der Waals surface area contributed by atoms with Gasteiger partial charge in [0.25, 0.3) is 0 Å². The van der Waals surface area contributed by atoms with Crippen molar-refractivity contribution in [1.29, 1.82) is 0 Å². The zero-order chi connectivity index (χ0) is 21.3. The molecule has 0 unspecified atom stereocenters. The summed E-state index contributed by atoms with van der Waals surface area (Å²) >= 11 is 1.73. The minimum atomic E-state index is 0.508. The Morgan fingerprint density at radius 3 is 2.40 bits per heavy atom. The normalized spacial score (nSPS) is 16.1. The number of likely N-dealkylation sites (tertiary alicyclic amines) is 1. The van der Waals surface area contributed by atoms with E-state index < -0.39 is 0 Å². The van der Waals surface area contributed by atoms with Gasteiger partial charge in [0.1, 0.15) is 16.5 Å². The Kier molecular flexibility index (Phi) is 6.37. The number of hydrogen-bond donors (Lipinski definition) is 0. The van der Waals surface area contributed by atoms with Crippen LogP contribution in [0.1, 0.15) is 32.5 Å². The maximum Gasteiger partial charge on any atom is 0.146 e. The van der Waals surface area contributed by atoms with Gasteiger partial charge in [-0.2, -0.15) is 0 Å². The Bertz CT molecular complexity index is 974. The highest BCUT2D eigenvalue weighted by molar-refractivity contribution is 7.17. The van der Waals surface area contributed by atoms with Crippen molar-refractivity contribution in [3.8, 4) is 11.1 Å². The SMILES string of the molecule is CC(C)N1CCC(N(C)c2nc(CN(C)C)nc3scc(-c4ccccc4)c23)CC1. The molecule has 3 heterocycles. The van der Waals surface area contributed by atoms with Crippen LogP contribution in [-0.4, -0.2) is 66.1 Å². The molecule has 4 rings (SSSR count). The van der Waals surface area contributed by atoms with Crippen molar-refractivity contribution in [3.05, 3.63) is 41.5 Å². The summed E-state index contributed by atoms with van der Waals surface area (Å²) in [6.07, 6.45) is 2.35. The number of piperidine rings is 1. The van der Waals surface area contributed by atoms with Gasteiger partial charge in [-0.05, 0) is 46.3 Å². The summed E-state index contributed by atoms with van der Waals surface area (Å²) < 4.78 is 0. The van der Waals surface area contributed by atoms with E-state index in [9.17, 15) is 0 Å². The van der Waals surface area contributed by atoms with E-state index in [0.717, 1.165) is 36.1 Å². The van der Waals surface area contributed by atoms with Crippen LogP contribution >= 0.6 is 11.3 Å². The first kappa shape index (κ1) is 21.2. The fourth-order valence-corrected chi connectivity index (χ4v) is 5.33. The van der Waals surface area contributed by atoms with Gasteiger partial charge in [0.15, 0.2) is 0 Å². The lowest BCUT2D eigenvalue weighted by molar-refractivity contribution is 0.171. The van der Waals surface area contributed by atoms with Crippen molar-refractivity contribution >= 4 is 27.4 Å². The molecule has 160 valence electrons. The van der Waals surface area contributed by atoms with E-state index in [1.807, 2.05) is 0 Å². The second-order valence-corrected chi connectivity index (χ2v) is 9.73. The summed E-state index contributed by atoms with van der Waals surface area (Å²) in [5.41, 5.74) is 2.48. The van der Waals surface area contributed by atoms with Gasteiger partial charge in [-0.25, -0.2) is 9.97 Å². The van der Waals surface area contributed by atoms with Gasteiger partial charge in [0, 0.05) is 43.2 Å². The van der Waals surface area contributed by atoms with Gasteiger partial charge in [-0.15, -0.1) is 11.3 Å². The summed E-state index contributed by atoms with van der Waals surface area (Å²) in [6.45, 7) is 7.65. The van der Waals surface area contributed by atoms with Crippen molar-refractivity contribution in [2.45, 2.75) is 45.3 Å². The minimum Gasteiger partial charge on any atom is -0.356 e. The van der Waals surface area contributed by atoms with E-state index in [2.05, 4.69) is 85.4 Å². The molecule has 6 heteroatoms. The maximum absolute atomic E-state index is 5.09. The van der Waals surface area contributed by atoms with Gasteiger partial charge in [-0.3, -0.25) is 0 Å². The van der Waals surface area contributed by atoms with Gasteiger partial charge in [-0.1, -0.05) is 30.3 Å². The number of benzene rings is 1. The molecule has 1 aromatic carbocycles. The molecule has 0 N–H and O–H groups in total. The first-order valence-corrected chi connectivity index (χ1v) is 11.8. The van der Waals surface area contributed by atoms with Crippen LogP contribution < -0.4 is 4.90 Å². The van der Waals surface area contributed by atoms with E-state index in [1.54, 1.807) is 11.3 Å². The second kappa shape index (κ2) is 9.00. The number of fused-ring (bicyclic) bond motifs is 1. The zero-order valence-electron chi connectivity index (χ0n) is 18.8. The smallest absolute Gasteiger partial charge is 0.146 e. The molecule has 0 radical (unpaired) electrons. The Balaban J connectivity index is 1.75. The molecule has 1 aliphatic rings. The van der Waals surface area contributed by atoms with Crippen LogP contribution in [0, 0.1) is 0 Å². The van der Waals surface area contributed by atoms with Crippen LogP contribution in [0.25, 0.3) is 21.3 Å². The van der Waals surface area contributed by atoms with Crippen molar-refractivity contribution in [2.24, 2.45) is 0 Å². The molecule has 1 aliphatic heterocycles. The summed E-state index contributed by atoms with van der Waals surface area (Å²) in [7, 11) is 6.37. The Morgan fingerprint density at radius 1 is 1.07 bits per heavy atom. The molecule has 1 fully saturated rings. The van der Waals surface area contributed by atoms with E-state index in [4.69, 9.17) is 9.97 Å². The number of nitrogens with zero attached hydrogens (tertiary/aromatic N) is 5. The lowest BCUT2D eigenvalue weighted by Gasteiger charge is -2.39. The van der Waals surface area contributed by atoms with Crippen molar-refractivity contribution in [2.75, 3.05) is 39.1 Å². The number of thiophene rings is 1. The lowest BCUT2D eigenvalue weighted by atomic mass is 10.0. The topological polar surface area (TPSA) is 35.5 Å². The highest BCUT2D eigenvalue weighted by Gasteiger charge is 2.27. The molecule has 0 aliphatic carbocycles. The fourth-order valence-electron chi connectivity index (χ4n) is 4.37.